The maximum Gasteiger partial charge on any atom is 0.305 e. The molecular weight excluding hydrogens is 268 g/mol. The highest BCUT2D eigenvalue weighted by Crippen LogP contribution is 2.44. The van der Waals surface area contributed by atoms with E-state index in [0.29, 0.717) is 5.92 Å². The van der Waals surface area contributed by atoms with Crippen LogP contribution in [0.2, 0.25) is 0 Å². The molecule has 2 aliphatic rings. The Hall–Kier alpha value is -2.24. The molecule has 21 heavy (non-hydrogen) atoms. The molecule has 4 rings (SSSR count). The van der Waals surface area contributed by atoms with E-state index in [1.807, 2.05) is 12.1 Å². The Balaban J connectivity index is 1.66. The lowest BCUT2D eigenvalue weighted by Gasteiger charge is -2.30. The summed E-state index contributed by atoms with van der Waals surface area (Å²) in [5.41, 5.74) is 2.59. The summed E-state index contributed by atoms with van der Waals surface area (Å²) in [4.78, 5) is 11.1. The zero-order valence-electron chi connectivity index (χ0n) is 11.5. The van der Waals surface area contributed by atoms with Gasteiger partial charge in [-0.25, -0.2) is 4.68 Å². The molecule has 1 heterocycles. The van der Waals surface area contributed by atoms with Gasteiger partial charge >= 0.3 is 5.97 Å². The second-order valence-electron chi connectivity index (χ2n) is 5.94. The molecule has 0 saturated heterocycles. The normalized spacial score (nSPS) is 21.4. The lowest BCUT2D eigenvalue weighted by molar-refractivity contribution is -0.138. The minimum Gasteiger partial charge on any atom is -0.481 e. The van der Waals surface area contributed by atoms with Crippen molar-refractivity contribution < 1.29 is 9.90 Å². The Morgan fingerprint density at radius 3 is 2.90 bits per heavy atom. The van der Waals surface area contributed by atoms with Gasteiger partial charge in [-0.1, -0.05) is 24.3 Å². The summed E-state index contributed by atoms with van der Waals surface area (Å²) < 4.78 is 1.77. The van der Waals surface area contributed by atoms with Gasteiger partial charge in [-0.15, -0.1) is 5.10 Å². The van der Waals surface area contributed by atoms with Crippen molar-refractivity contribution in [1.82, 2.24) is 20.2 Å². The molecule has 1 N–H and O–H groups in total. The molecule has 1 aromatic carbocycles. The Morgan fingerprint density at radius 2 is 2.19 bits per heavy atom. The van der Waals surface area contributed by atoms with Gasteiger partial charge in [0.15, 0.2) is 5.82 Å². The van der Waals surface area contributed by atoms with Crippen LogP contribution in [-0.2, 0) is 11.2 Å². The zero-order valence-corrected chi connectivity index (χ0v) is 11.5. The van der Waals surface area contributed by atoms with E-state index in [-0.39, 0.29) is 18.4 Å². The fourth-order valence-corrected chi connectivity index (χ4v) is 3.27. The summed E-state index contributed by atoms with van der Waals surface area (Å²) in [6.07, 6.45) is 3.16. The first-order valence-corrected chi connectivity index (χ1v) is 7.31. The van der Waals surface area contributed by atoms with E-state index >= 15 is 0 Å². The summed E-state index contributed by atoms with van der Waals surface area (Å²) in [5, 5.41) is 21.2. The fraction of sp³-hybridized carbons (Fsp3) is 0.467. The van der Waals surface area contributed by atoms with Crippen LogP contribution in [0.3, 0.4) is 0 Å². The van der Waals surface area contributed by atoms with Crippen LogP contribution in [0.25, 0.3) is 0 Å². The second-order valence-corrected chi connectivity index (χ2v) is 5.94. The fourth-order valence-electron chi connectivity index (χ4n) is 3.27. The van der Waals surface area contributed by atoms with Crippen LogP contribution in [0.15, 0.2) is 24.3 Å². The summed E-state index contributed by atoms with van der Waals surface area (Å²) in [6, 6.07) is 8.17. The van der Waals surface area contributed by atoms with Crippen LogP contribution in [0, 0.1) is 5.92 Å². The number of carboxylic acid groups (broad SMARTS) is 1. The summed E-state index contributed by atoms with van der Waals surface area (Å²) in [7, 11) is 0. The van der Waals surface area contributed by atoms with Crippen molar-refractivity contribution in [3.8, 4) is 0 Å². The lowest BCUT2D eigenvalue weighted by Crippen LogP contribution is -2.26. The summed E-state index contributed by atoms with van der Waals surface area (Å²) in [5.74, 6) is 0.624. The molecule has 6 heteroatoms. The first kappa shape index (κ1) is 12.5. The van der Waals surface area contributed by atoms with Crippen molar-refractivity contribution in [3.05, 3.63) is 41.2 Å². The van der Waals surface area contributed by atoms with Crippen LogP contribution in [0.1, 0.15) is 48.2 Å². The molecule has 0 bridgehead atoms. The Morgan fingerprint density at radius 1 is 1.38 bits per heavy atom. The van der Waals surface area contributed by atoms with Gasteiger partial charge in [0.05, 0.1) is 18.4 Å². The number of rotatable bonds is 5. The van der Waals surface area contributed by atoms with Gasteiger partial charge in [-0.05, 0) is 46.7 Å². The van der Waals surface area contributed by atoms with E-state index in [1.165, 1.54) is 11.1 Å². The summed E-state index contributed by atoms with van der Waals surface area (Å²) >= 11 is 0. The lowest BCUT2D eigenvalue weighted by atomic mass is 9.77. The standard InChI is InChI=1S/C15H16N4O2/c20-14(21)8-13(9-5-6-9)19-15(16-17-18-19)12-7-10-3-1-2-4-11(10)12/h1-4,9,12-13H,5-8H2,(H,20,21). The maximum atomic E-state index is 11.1. The molecule has 0 aliphatic heterocycles. The predicted octanol–water partition coefficient (Wildman–Crippen LogP) is 1.79. The van der Waals surface area contributed by atoms with E-state index in [4.69, 9.17) is 5.11 Å². The monoisotopic (exact) mass is 284 g/mol. The van der Waals surface area contributed by atoms with Gasteiger partial charge in [0.2, 0.25) is 0 Å². The van der Waals surface area contributed by atoms with Gasteiger partial charge in [-0.3, -0.25) is 4.79 Å². The van der Waals surface area contributed by atoms with Crippen molar-refractivity contribution in [2.45, 2.75) is 37.6 Å². The Bertz CT molecular complexity index is 692. The molecule has 2 unspecified atom stereocenters. The van der Waals surface area contributed by atoms with Gasteiger partial charge in [0, 0.05) is 0 Å². The second kappa shape index (κ2) is 4.65. The number of carboxylic acids is 1. The number of aromatic nitrogens is 4. The zero-order chi connectivity index (χ0) is 14.4. The van der Waals surface area contributed by atoms with Crippen LogP contribution in [0.4, 0.5) is 0 Å². The third kappa shape index (κ3) is 2.11. The van der Waals surface area contributed by atoms with E-state index in [0.717, 1.165) is 25.1 Å². The van der Waals surface area contributed by atoms with Gasteiger partial charge in [0.25, 0.3) is 0 Å². The first-order valence-electron chi connectivity index (χ1n) is 7.31. The molecule has 2 aromatic rings. The third-order valence-corrected chi connectivity index (χ3v) is 4.55. The SMILES string of the molecule is O=C(O)CC(C1CC1)n1nnnc1C1Cc2ccccc21. The average molecular weight is 284 g/mol. The minimum atomic E-state index is -0.789. The number of fused-ring (bicyclic) bond motifs is 1. The molecule has 1 aromatic heterocycles. The largest absolute Gasteiger partial charge is 0.481 e. The maximum absolute atomic E-state index is 11.1. The number of benzene rings is 1. The third-order valence-electron chi connectivity index (χ3n) is 4.55. The van der Waals surface area contributed by atoms with E-state index in [1.54, 1.807) is 4.68 Å². The number of hydrogen-bond donors (Lipinski definition) is 1. The van der Waals surface area contributed by atoms with Gasteiger partial charge in [0.1, 0.15) is 0 Å². The molecule has 0 spiro atoms. The highest BCUT2D eigenvalue weighted by molar-refractivity contribution is 5.67. The molecule has 1 saturated carbocycles. The molecule has 2 atom stereocenters. The van der Waals surface area contributed by atoms with Gasteiger partial charge < -0.3 is 5.11 Å². The highest BCUT2D eigenvalue weighted by Gasteiger charge is 2.39. The molecule has 2 aliphatic carbocycles. The van der Waals surface area contributed by atoms with E-state index in [2.05, 4.69) is 27.7 Å². The highest BCUT2D eigenvalue weighted by atomic mass is 16.4. The molecule has 108 valence electrons. The van der Waals surface area contributed by atoms with Crippen LogP contribution in [0.5, 0.6) is 0 Å². The average Bonchev–Trinajstić information content (AvgIpc) is 3.17. The number of tetrazole rings is 1. The van der Waals surface area contributed by atoms with E-state index < -0.39 is 5.97 Å². The number of nitrogens with zero attached hydrogens (tertiary/aromatic N) is 4. The van der Waals surface area contributed by atoms with E-state index in [9.17, 15) is 4.79 Å². The van der Waals surface area contributed by atoms with Crippen molar-refractivity contribution in [2.24, 2.45) is 5.92 Å². The predicted molar refractivity (Wildman–Crippen MR) is 73.8 cm³/mol. The quantitative estimate of drug-likeness (QED) is 0.905. The summed E-state index contributed by atoms with van der Waals surface area (Å²) in [6.45, 7) is 0. The Labute approximate surface area is 121 Å². The number of aliphatic carboxylic acids is 1. The number of hydrogen-bond acceptors (Lipinski definition) is 4. The first-order chi connectivity index (χ1) is 10.2. The van der Waals surface area contributed by atoms with Gasteiger partial charge in [-0.2, -0.15) is 0 Å². The molecule has 1 fully saturated rings. The topological polar surface area (TPSA) is 80.9 Å². The molecule has 0 amide bonds. The van der Waals surface area contributed by atoms with Crippen molar-refractivity contribution in [2.75, 3.05) is 0 Å². The van der Waals surface area contributed by atoms with Crippen LogP contribution in [-0.4, -0.2) is 31.3 Å². The van der Waals surface area contributed by atoms with Crippen molar-refractivity contribution in [1.29, 1.82) is 0 Å². The smallest absolute Gasteiger partial charge is 0.305 e. The van der Waals surface area contributed by atoms with Crippen LogP contribution < -0.4 is 0 Å². The van der Waals surface area contributed by atoms with Crippen molar-refractivity contribution >= 4 is 5.97 Å². The van der Waals surface area contributed by atoms with Crippen LogP contribution >= 0.6 is 0 Å². The molecule has 6 nitrogen and oxygen atoms in total. The molecule has 0 radical (unpaired) electrons. The number of carbonyl (C=O) groups is 1. The Kier molecular flexibility index (Phi) is 2.77. The minimum absolute atomic E-state index is 0.0943. The molecular formula is C15H16N4O2. The van der Waals surface area contributed by atoms with Crippen molar-refractivity contribution in [3.63, 3.8) is 0 Å².